The van der Waals surface area contributed by atoms with Crippen molar-refractivity contribution < 1.29 is 4.79 Å². The largest absolute Gasteiger partial charge is 0.352 e. The second-order valence-electron chi connectivity index (χ2n) is 6.38. The highest BCUT2D eigenvalue weighted by Gasteiger charge is 2.15. The molecule has 0 fully saturated rings. The number of amides is 1. The van der Waals surface area contributed by atoms with Crippen molar-refractivity contribution >= 4 is 5.91 Å². The number of nitrogens with zero attached hydrogens (tertiary/aromatic N) is 4. The summed E-state index contributed by atoms with van der Waals surface area (Å²) in [6.45, 7) is 3.45. The van der Waals surface area contributed by atoms with E-state index in [1.54, 1.807) is 34.8 Å². The molecule has 2 heterocycles. The monoisotopic (exact) mass is 365 g/mol. The Morgan fingerprint density at radius 1 is 1.11 bits per heavy atom. The molecular weight excluding hydrogens is 342 g/mol. The molecule has 0 aliphatic heterocycles. The van der Waals surface area contributed by atoms with Crippen LogP contribution in [0.3, 0.4) is 0 Å². The molecular formula is C20H23N5O2. The van der Waals surface area contributed by atoms with Crippen LogP contribution in [0.25, 0.3) is 0 Å². The molecule has 2 aromatic heterocycles. The van der Waals surface area contributed by atoms with Crippen LogP contribution in [-0.2, 0) is 19.5 Å². The summed E-state index contributed by atoms with van der Waals surface area (Å²) in [7, 11) is 0. The van der Waals surface area contributed by atoms with Crippen LogP contribution in [0.1, 0.15) is 27.9 Å². The van der Waals surface area contributed by atoms with Crippen LogP contribution in [0.5, 0.6) is 0 Å². The first kappa shape index (κ1) is 18.6. The van der Waals surface area contributed by atoms with E-state index in [9.17, 15) is 9.59 Å². The summed E-state index contributed by atoms with van der Waals surface area (Å²) in [4.78, 5) is 25.3. The van der Waals surface area contributed by atoms with Crippen molar-refractivity contribution in [3.63, 3.8) is 0 Å². The summed E-state index contributed by atoms with van der Waals surface area (Å²) in [6.07, 6.45) is 6.59. The number of hydrogen-bond donors (Lipinski definition) is 1. The van der Waals surface area contributed by atoms with Gasteiger partial charge in [-0.3, -0.25) is 14.3 Å². The minimum atomic E-state index is -0.329. The Hall–Kier alpha value is -3.22. The Kier molecular flexibility index (Phi) is 6.14. The molecule has 0 unspecified atom stereocenters. The second-order valence-corrected chi connectivity index (χ2v) is 6.38. The lowest BCUT2D eigenvalue weighted by molar-refractivity contribution is 0.0950. The van der Waals surface area contributed by atoms with E-state index in [0.717, 1.165) is 12.0 Å². The smallest absolute Gasteiger partial charge is 0.263 e. The van der Waals surface area contributed by atoms with Gasteiger partial charge in [0.1, 0.15) is 5.56 Å². The molecule has 7 heteroatoms. The van der Waals surface area contributed by atoms with Crippen LogP contribution in [0.2, 0.25) is 0 Å². The molecule has 0 aliphatic carbocycles. The van der Waals surface area contributed by atoms with E-state index in [1.165, 1.54) is 0 Å². The van der Waals surface area contributed by atoms with Crippen molar-refractivity contribution in [3.05, 3.63) is 82.0 Å². The summed E-state index contributed by atoms with van der Waals surface area (Å²) in [5.41, 5.74) is 1.81. The van der Waals surface area contributed by atoms with Gasteiger partial charge < -0.3 is 9.88 Å². The maximum atomic E-state index is 12.8. The Bertz CT molecular complexity index is 933. The van der Waals surface area contributed by atoms with Gasteiger partial charge in [0, 0.05) is 32.0 Å². The number of pyridine rings is 1. The summed E-state index contributed by atoms with van der Waals surface area (Å²) in [5, 5.41) is 10.4. The SMILES string of the molecule is Cc1ccn(CCc2ccccc2)c(=O)c1C(=O)NCCCn1ccnn1. The zero-order valence-corrected chi connectivity index (χ0v) is 15.3. The summed E-state index contributed by atoms with van der Waals surface area (Å²) in [5.74, 6) is -0.329. The van der Waals surface area contributed by atoms with Gasteiger partial charge in [0.25, 0.3) is 11.5 Å². The molecule has 0 spiro atoms. The average molecular weight is 365 g/mol. The van der Waals surface area contributed by atoms with E-state index in [2.05, 4.69) is 15.6 Å². The zero-order valence-electron chi connectivity index (χ0n) is 15.3. The molecule has 0 aliphatic rings. The first-order valence-electron chi connectivity index (χ1n) is 9.01. The van der Waals surface area contributed by atoms with Crippen molar-refractivity contribution in [1.82, 2.24) is 24.9 Å². The number of carbonyl (C=O) groups excluding carboxylic acids is 1. The molecule has 0 atom stereocenters. The number of nitrogens with one attached hydrogen (secondary N) is 1. The molecule has 27 heavy (non-hydrogen) atoms. The zero-order chi connectivity index (χ0) is 19.1. The summed E-state index contributed by atoms with van der Waals surface area (Å²) >= 11 is 0. The standard InChI is InChI=1S/C20H23N5O2/c1-16-8-13-24(14-9-17-6-3-2-4-7-17)20(27)18(16)19(26)21-10-5-12-25-15-11-22-23-25/h2-4,6-8,11,13,15H,5,9-10,12,14H2,1H3,(H,21,26). The number of aromatic nitrogens is 4. The Morgan fingerprint density at radius 3 is 2.67 bits per heavy atom. The molecule has 0 saturated heterocycles. The lowest BCUT2D eigenvalue weighted by Crippen LogP contribution is -2.35. The predicted octanol–water partition coefficient (Wildman–Crippen LogP) is 1.81. The van der Waals surface area contributed by atoms with E-state index in [-0.39, 0.29) is 17.0 Å². The van der Waals surface area contributed by atoms with Gasteiger partial charge >= 0.3 is 0 Å². The number of aryl methyl sites for hydroxylation is 4. The fraction of sp³-hybridized carbons (Fsp3) is 0.300. The van der Waals surface area contributed by atoms with Gasteiger partial charge in [-0.15, -0.1) is 5.10 Å². The van der Waals surface area contributed by atoms with Crippen molar-refractivity contribution in [3.8, 4) is 0 Å². The highest BCUT2D eigenvalue weighted by molar-refractivity contribution is 5.95. The molecule has 3 rings (SSSR count). The van der Waals surface area contributed by atoms with Crippen LogP contribution in [-0.4, -0.2) is 32.0 Å². The van der Waals surface area contributed by atoms with E-state index in [4.69, 9.17) is 0 Å². The van der Waals surface area contributed by atoms with Gasteiger partial charge in [-0.1, -0.05) is 35.5 Å². The Balaban J connectivity index is 1.61. The van der Waals surface area contributed by atoms with Crippen molar-refractivity contribution in [2.45, 2.75) is 32.9 Å². The third-order valence-electron chi connectivity index (χ3n) is 4.41. The second kappa shape index (κ2) is 8.93. The van der Waals surface area contributed by atoms with E-state index in [1.807, 2.05) is 36.4 Å². The molecule has 0 radical (unpaired) electrons. The molecule has 0 bridgehead atoms. The van der Waals surface area contributed by atoms with Gasteiger partial charge in [0.2, 0.25) is 0 Å². The molecule has 140 valence electrons. The van der Waals surface area contributed by atoms with Crippen LogP contribution in [0.4, 0.5) is 0 Å². The first-order chi connectivity index (χ1) is 13.1. The van der Waals surface area contributed by atoms with Gasteiger partial charge in [0.05, 0.1) is 6.20 Å². The Morgan fingerprint density at radius 2 is 1.93 bits per heavy atom. The highest BCUT2D eigenvalue weighted by Crippen LogP contribution is 2.05. The maximum Gasteiger partial charge on any atom is 0.263 e. The van der Waals surface area contributed by atoms with Crippen molar-refractivity contribution in [1.29, 1.82) is 0 Å². The summed E-state index contributed by atoms with van der Waals surface area (Å²) < 4.78 is 3.31. The fourth-order valence-corrected chi connectivity index (χ4v) is 2.89. The third-order valence-corrected chi connectivity index (χ3v) is 4.41. The predicted molar refractivity (Wildman–Crippen MR) is 103 cm³/mol. The van der Waals surface area contributed by atoms with Gasteiger partial charge in [-0.05, 0) is 37.0 Å². The van der Waals surface area contributed by atoms with E-state index in [0.29, 0.717) is 31.6 Å². The van der Waals surface area contributed by atoms with Crippen LogP contribution in [0, 0.1) is 6.92 Å². The summed E-state index contributed by atoms with van der Waals surface area (Å²) in [6, 6.07) is 11.8. The molecule has 7 nitrogen and oxygen atoms in total. The number of hydrogen-bond acceptors (Lipinski definition) is 4. The number of benzene rings is 1. The van der Waals surface area contributed by atoms with Gasteiger partial charge in [-0.2, -0.15) is 0 Å². The van der Waals surface area contributed by atoms with E-state index >= 15 is 0 Å². The van der Waals surface area contributed by atoms with Crippen molar-refractivity contribution in [2.75, 3.05) is 6.54 Å². The van der Waals surface area contributed by atoms with Crippen molar-refractivity contribution in [2.24, 2.45) is 0 Å². The first-order valence-corrected chi connectivity index (χ1v) is 9.01. The van der Waals surface area contributed by atoms with Crippen LogP contribution >= 0.6 is 0 Å². The molecule has 1 aromatic carbocycles. The highest BCUT2D eigenvalue weighted by atomic mass is 16.2. The third kappa shape index (κ3) is 4.91. The lowest BCUT2D eigenvalue weighted by atomic mass is 10.1. The average Bonchev–Trinajstić information content (AvgIpc) is 3.19. The molecule has 0 saturated carbocycles. The normalized spacial score (nSPS) is 10.7. The minimum Gasteiger partial charge on any atom is -0.352 e. The van der Waals surface area contributed by atoms with Crippen LogP contribution < -0.4 is 10.9 Å². The fourth-order valence-electron chi connectivity index (χ4n) is 2.89. The van der Waals surface area contributed by atoms with Gasteiger partial charge in [0.15, 0.2) is 0 Å². The quantitative estimate of drug-likeness (QED) is 0.617. The molecule has 1 amide bonds. The van der Waals surface area contributed by atoms with Gasteiger partial charge in [-0.25, -0.2) is 0 Å². The number of rotatable bonds is 8. The topological polar surface area (TPSA) is 81.8 Å². The van der Waals surface area contributed by atoms with E-state index < -0.39 is 0 Å². The lowest BCUT2D eigenvalue weighted by Gasteiger charge is -2.11. The molecule has 3 aromatic rings. The maximum absolute atomic E-state index is 12.8. The number of carbonyl (C=O) groups is 1. The Labute approximate surface area is 157 Å². The van der Waals surface area contributed by atoms with Crippen LogP contribution in [0.15, 0.2) is 59.8 Å². The minimum absolute atomic E-state index is 0.214. The molecule has 1 N–H and O–H groups in total.